The molecule has 17 heavy (non-hydrogen) atoms. The van der Waals surface area contributed by atoms with E-state index < -0.39 is 0 Å². The quantitative estimate of drug-likeness (QED) is 0.800. The average molecular weight is 230 g/mol. The number of carbonyl (C=O) groups excluding carboxylic acids is 1. The molecule has 1 N–H and O–H groups in total. The number of hydrogen-bond donors (Lipinski definition) is 1. The van der Waals surface area contributed by atoms with Crippen LogP contribution in [0.15, 0.2) is 24.4 Å². The molecular formula is C12H14N4O. The van der Waals surface area contributed by atoms with Gasteiger partial charge in [-0.15, -0.1) is 0 Å². The molecule has 0 saturated carbocycles. The molecule has 0 saturated heterocycles. The number of hydrogen-bond acceptors (Lipinski definition) is 3. The van der Waals surface area contributed by atoms with Crippen molar-refractivity contribution in [3.8, 4) is 0 Å². The summed E-state index contributed by atoms with van der Waals surface area (Å²) in [5, 5.41) is 7.97. The zero-order valence-electron chi connectivity index (χ0n) is 10.1. The van der Waals surface area contributed by atoms with Gasteiger partial charge < -0.3 is 5.32 Å². The van der Waals surface area contributed by atoms with Crippen molar-refractivity contribution in [2.45, 2.75) is 13.8 Å². The molecule has 0 radical (unpaired) electrons. The lowest BCUT2D eigenvalue weighted by atomic mass is 10.2. The minimum Gasteiger partial charge on any atom is -0.321 e. The molecule has 5 heteroatoms. The number of allylic oxidation sites excluding steroid dienone is 1. The monoisotopic (exact) mass is 230 g/mol. The highest BCUT2D eigenvalue weighted by Crippen LogP contribution is 2.19. The summed E-state index contributed by atoms with van der Waals surface area (Å²) in [5.74, 6) is -0.157. The summed E-state index contributed by atoms with van der Waals surface area (Å²) < 4.78 is 1.72. The molecule has 0 unspecified atom stereocenters. The van der Waals surface area contributed by atoms with Crippen LogP contribution >= 0.6 is 0 Å². The Hall–Kier alpha value is -2.17. The molecular weight excluding hydrogens is 216 g/mol. The van der Waals surface area contributed by atoms with Crippen molar-refractivity contribution >= 4 is 22.6 Å². The summed E-state index contributed by atoms with van der Waals surface area (Å²) in [6, 6.07) is 1.88. The number of carbonyl (C=O) groups is 1. The number of anilines is 1. The summed E-state index contributed by atoms with van der Waals surface area (Å²) in [4.78, 5) is 15.7. The Kier molecular flexibility index (Phi) is 2.91. The molecule has 0 spiro atoms. The van der Waals surface area contributed by atoms with Gasteiger partial charge in [0.2, 0.25) is 5.91 Å². The lowest BCUT2D eigenvalue weighted by molar-refractivity contribution is -0.111. The van der Waals surface area contributed by atoms with Crippen LogP contribution in [0.5, 0.6) is 0 Å². The molecule has 0 fully saturated rings. The molecule has 0 atom stereocenters. The summed E-state index contributed by atoms with van der Waals surface area (Å²) in [6.45, 7) is 3.72. The third-order valence-electron chi connectivity index (χ3n) is 2.45. The van der Waals surface area contributed by atoms with E-state index in [4.69, 9.17) is 0 Å². The maximum atomic E-state index is 11.4. The molecule has 0 aliphatic carbocycles. The number of nitrogens with one attached hydrogen (secondary N) is 1. The Morgan fingerprint density at radius 1 is 1.53 bits per heavy atom. The SMILES string of the molecule is CC=CC(=O)Nc1cnc2c(c1)c(C)nn2C. The van der Waals surface area contributed by atoms with Gasteiger partial charge in [0.05, 0.1) is 17.6 Å². The first-order chi connectivity index (χ1) is 8.11. The van der Waals surface area contributed by atoms with Crippen molar-refractivity contribution in [3.05, 3.63) is 30.1 Å². The third-order valence-corrected chi connectivity index (χ3v) is 2.45. The Morgan fingerprint density at radius 3 is 3.00 bits per heavy atom. The van der Waals surface area contributed by atoms with Gasteiger partial charge in [0.1, 0.15) is 0 Å². The molecule has 2 rings (SSSR count). The molecule has 0 aliphatic heterocycles. The Labute approximate surface area is 99.2 Å². The smallest absolute Gasteiger partial charge is 0.248 e. The number of aryl methyl sites for hydroxylation is 2. The Balaban J connectivity index is 2.38. The largest absolute Gasteiger partial charge is 0.321 e. The van der Waals surface area contributed by atoms with Crippen LogP contribution in [0.2, 0.25) is 0 Å². The molecule has 0 aromatic carbocycles. The second-order valence-electron chi connectivity index (χ2n) is 3.79. The summed E-state index contributed by atoms with van der Waals surface area (Å²) >= 11 is 0. The van der Waals surface area contributed by atoms with Gasteiger partial charge >= 0.3 is 0 Å². The van der Waals surface area contributed by atoms with Crippen molar-refractivity contribution in [1.82, 2.24) is 14.8 Å². The van der Waals surface area contributed by atoms with Crippen LogP contribution < -0.4 is 5.32 Å². The van der Waals surface area contributed by atoms with Gasteiger partial charge in [0, 0.05) is 12.4 Å². The maximum absolute atomic E-state index is 11.4. The molecule has 88 valence electrons. The molecule has 0 bridgehead atoms. The standard InChI is InChI=1S/C12H14N4O/c1-4-5-11(17)14-9-6-10-8(2)15-16(3)12(10)13-7-9/h4-7H,1-3H3,(H,14,17). The predicted molar refractivity (Wildman–Crippen MR) is 66.7 cm³/mol. The zero-order valence-corrected chi connectivity index (χ0v) is 10.1. The number of rotatable bonds is 2. The minimum atomic E-state index is -0.157. The fraction of sp³-hybridized carbons (Fsp3) is 0.250. The Bertz CT molecular complexity index is 598. The van der Waals surface area contributed by atoms with E-state index in [9.17, 15) is 4.79 Å². The highest BCUT2D eigenvalue weighted by molar-refractivity contribution is 6.00. The van der Waals surface area contributed by atoms with E-state index in [1.165, 1.54) is 6.08 Å². The van der Waals surface area contributed by atoms with Crippen molar-refractivity contribution in [2.75, 3.05) is 5.32 Å². The lowest BCUT2D eigenvalue weighted by Crippen LogP contribution is -2.07. The van der Waals surface area contributed by atoms with E-state index in [1.54, 1.807) is 23.9 Å². The first-order valence-corrected chi connectivity index (χ1v) is 5.35. The molecule has 2 aromatic heterocycles. The van der Waals surface area contributed by atoms with E-state index >= 15 is 0 Å². The van der Waals surface area contributed by atoms with Crippen molar-refractivity contribution in [1.29, 1.82) is 0 Å². The normalized spacial score (nSPS) is 11.2. The van der Waals surface area contributed by atoms with Crippen LogP contribution in [-0.2, 0) is 11.8 Å². The third kappa shape index (κ3) is 2.18. The first-order valence-electron chi connectivity index (χ1n) is 5.35. The Morgan fingerprint density at radius 2 is 2.29 bits per heavy atom. The van der Waals surface area contributed by atoms with E-state index in [2.05, 4.69) is 15.4 Å². The number of fused-ring (bicyclic) bond motifs is 1. The van der Waals surface area contributed by atoms with E-state index in [0.717, 1.165) is 16.7 Å². The minimum absolute atomic E-state index is 0.157. The van der Waals surface area contributed by atoms with Gasteiger partial charge in [-0.1, -0.05) is 6.08 Å². The van der Waals surface area contributed by atoms with E-state index in [-0.39, 0.29) is 5.91 Å². The summed E-state index contributed by atoms with van der Waals surface area (Å²) in [5.41, 5.74) is 2.39. The zero-order chi connectivity index (χ0) is 12.4. The van der Waals surface area contributed by atoms with Crippen molar-refractivity contribution in [3.63, 3.8) is 0 Å². The second-order valence-corrected chi connectivity index (χ2v) is 3.79. The van der Waals surface area contributed by atoms with Crippen molar-refractivity contribution in [2.24, 2.45) is 7.05 Å². The van der Waals surface area contributed by atoms with Gasteiger partial charge in [0.25, 0.3) is 0 Å². The van der Waals surface area contributed by atoms with E-state index in [0.29, 0.717) is 5.69 Å². The number of aromatic nitrogens is 3. The van der Waals surface area contributed by atoms with Crippen LogP contribution in [0.1, 0.15) is 12.6 Å². The van der Waals surface area contributed by atoms with Crippen LogP contribution in [0.25, 0.3) is 11.0 Å². The maximum Gasteiger partial charge on any atom is 0.248 e. The number of pyridine rings is 1. The summed E-state index contributed by atoms with van der Waals surface area (Å²) in [6.07, 6.45) is 4.79. The molecule has 5 nitrogen and oxygen atoms in total. The highest BCUT2D eigenvalue weighted by atomic mass is 16.1. The number of amides is 1. The fourth-order valence-electron chi connectivity index (χ4n) is 1.71. The summed E-state index contributed by atoms with van der Waals surface area (Å²) in [7, 11) is 1.85. The van der Waals surface area contributed by atoms with Crippen molar-refractivity contribution < 1.29 is 4.79 Å². The molecule has 2 aromatic rings. The van der Waals surface area contributed by atoms with E-state index in [1.807, 2.05) is 20.0 Å². The predicted octanol–water partition coefficient (Wildman–Crippen LogP) is 1.79. The van der Waals surface area contributed by atoms with Gasteiger partial charge in [0.15, 0.2) is 5.65 Å². The highest BCUT2D eigenvalue weighted by Gasteiger charge is 2.07. The fourth-order valence-corrected chi connectivity index (χ4v) is 1.71. The average Bonchev–Trinajstić information content (AvgIpc) is 2.55. The number of nitrogens with zero attached hydrogens (tertiary/aromatic N) is 3. The molecule has 0 aliphatic rings. The molecule has 2 heterocycles. The van der Waals surface area contributed by atoms with Crippen LogP contribution in [0, 0.1) is 6.92 Å². The second kappa shape index (κ2) is 4.37. The van der Waals surface area contributed by atoms with Gasteiger partial charge in [-0.3, -0.25) is 9.48 Å². The van der Waals surface area contributed by atoms with Gasteiger partial charge in [-0.2, -0.15) is 5.10 Å². The van der Waals surface area contributed by atoms with Gasteiger partial charge in [-0.25, -0.2) is 4.98 Å². The molecule has 1 amide bonds. The van der Waals surface area contributed by atoms with Crippen LogP contribution in [0.3, 0.4) is 0 Å². The first kappa shape index (κ1) is 11.3. The topological polar surface area (TPSA) is 59.8 Å². The van der Waals surface area contributed by atoms with Crippen LogP contribution in [-0.4, -0.2) is 20.7 Å². The lowest BCUT2D eigenvalue weighted by Gasteiger charge is -2.01. The van der Waals surface area contributed by atoms with Gasteiger partial charge in [-0.05, 0) is 26.0 Å². The van der Waals surface area contributed by atoms with Crippen LogP contribution in [0.4, 0.5) is 5.69 Å².